The lowest BCUT2D eigenvalue weighted by atomic mass is 9.43. The van der Waals surface area contributed by atoms with Crippen molar-refractivity contribution in [2.45, 2.75) is 118 Å². The van der Waals surface area contributed by atoms with Crippen LogP contribution in [0.5, 0.6) is 0 Å². The van der Waals surface area contributed by atoms with E-state index in [0.717, 1.165) is 38.5 Å². The molecule has 0 bridgehead atoms. The highest BCUT2D eigenvalue weighted by Gasteiger charge is 2.67. The van der Waals surface area contributed by atoms with Gasteiger partial charge in [-0.1, -0.05) is 20.8 Å². The number of fused-ring (bicyclic) bond motifs is 5. The van der Waals surface area contributed by atoms with E-state index in [-0.39, 0.29) is 89.0 Å². The van der Waals surface area contributed by atoms with Crippen molar-refractivity contribution in [3.8, 4) is 0 Å². The lowest BCUT2D eigenvalue weighted by Crippen LogP contribution is -2.63. The van der Waals surface area contributed by atoms with Crippen molar-refractivity contribution < 1.29 is 38.5 Å². The van der Waals surface area contributed by atoms with Crippen molar-refractivity contribution in [3.05, 3.63) is 0 Å². The first-order chi connectivity index (χ1) is 17.8. The first-order valence-corrected chi connectivity index (χ1v) is 14.5. The van der Waals surface area contributed by atoms with Crippen LogP contribution in [0.1, 0.15) is 99.3 Å². The van der Waals surface area contributed by atoms with Gasteiger partial charge >= 0.3 is 23.9 Å². The molecule has 8 nitrogen and oxygen atoms in total. The molecule has 38 heavy (non-hydrogen) atoms. The minimum Gasteiger partial charge on any atom is -0.481 e. The predicted molar refractivity (Wildman–Crippen MR) is 139 cm³/mol. The van der Waals surface area contributed by atoms with Crippen molar-refractivity contribution in [3.63, 3.8) is 0 Å². The maximum absolute atomic E-state index is 12.4. The lowest BCUT2D eigenvalue weighted by Gasteiger charge is -2.64. The highest BCUT2D eigenvalue weighted by Crippen LogP contribution is 2.69. The van der Waals surface area contributed by atoms with E-state index in [1.54, 1.807) is 0 Å². The number of rotatable bonds is 7. The predicted octanol–water partition coefficient (Wildman–Crippen LogP) is 5.16. The van der Waals surface area contributed by atoms with E-state index < -0.39 is 5.97 Å². The summed E-state index contributed by atoms with van der Waals surface area (Å²) in [5, 5.41) is 9.31. The van der Waals surface area contributed by atoms with E-state index in [0.29, 0.717) is 12.8 Å². The largest absolute Gasteiger partial charge is 0.481 e. The van der Waals surface area contributed by atoms with Crippen LogP contribution in [0.4, 0.5) is 0 Å². The molecule has 0 aromatic carbocycles. The Labute approximate surface area is 226 Å². The van der Waals surface area contributed by atoms with Gasteiger partial charge in [0.15, 0.2) is 0 Å². The van der Waals surface area contributed by atoms with E-state index in [1.165, 1.54) is 20.8 Å². The summed E-state index contributed by atoms with van der Waals surface area (Å²) < 4.78 is 17.8. The Hall–Kier alpha value is -2.12. The van der Waals surface area contributed by atoms with Gasteiger partial charge in [0.1, 0.15) is 18.3 Å². The molecule has 0 aromatic heterocycles. The minimum absolute atomic E-state index is 0.0370. The van der Waals surface area contributed by atoms with Crippen LogP contribution < -0.4 is 0 Å². The van der Waals surface area contributed by atoms with E-state index in [2.05, 4.69) is 20.8 Å². The highest BCUT2D eigenvalue weighted by molar-refractivity contribution is 5.67. The van der Waals surface area contributed by atoms with E-state index in [1.807, 2.05) is 0 Å². The van der Waals surface area contributed by atoms with Gasteiger partial charge in [-0.25, -0.2) is 0 Å². The molecule has 4 saturated carbocycles. The molecule has 0 radical (unpaired) electrons. The average Bonchev–Trinajstić information content (AvgIpc) is 3.16. The van der Waals surface area contributed by atoms with Crippen molar-refractivity contribution >= 4 is 23.9 Å². The number of esters is 3. The number of carbonyl (C=O) groups excluding carboxylic acids is 3. The Morgan fingerprint density at radius 3 is 2.13 bits per heavy atom. The van der Waals surface area contributed by atoms with Crippen LogP contribution in [0.15, 0.2) is 0 Å². The van der Waals surface area contributed by atoms with Crippen LogP contribution in [-0.2, 0) is 33.4 Å². The third-order valence-corrected chi connectivity index (χ3v) is 11.2. The third-order valence-electron chi connectivity index (χ3n) is 11.2. The fourth-order valence-electron chi connectivity index (χ4n) is 9.67. The van der Waals surface area contributed by atoms with Crippen LogP contribution >= 0.6 is 0 Å². The van der Waals surface area contributed by atoms with Crippen LogP contribution in [0.2, 0.25) is 0 Å². The van der Waals surface area contributed by atoms with Gasteiger partial charge in [0.2, 0.25) is 0 Å². The fourth-order valence-corrected chi connectivity index (χ4v) is 9.67. The molecule has 0 heterocycles. The van der Waals surface area contributed by atoms with Crippen molar-refractivity contribution in [2.75, 3.05) is 0 Å². The number of carbonyl (C=O) groups is 4. The maximum Gasteiger partial charge on any atom is 0.303 e. The van der Waals surface area contributed by atoms with Gasteiger partial charge in [-0.15, -0.1) is 0 Å². The second kappa shape index (κ2) is 10.8. The molecule has 0 amide bonds. The first kappa shape index (κ1) is 28.9. The quantitative estimate of drug-likeness (QED) is 0.352. The van der Waals surface area contributed by atoms with Gasteiger partial charge in [0.05, 0.1) is 0 Å². The topological polar surface area (TPSA) is 116 Å². The molecule has 1 N–H and O–H groups in total. The Kier molecular flexibility index (Phi) is 8.21. The molecule has 0 aromatic rings. The summed E-state index contributed by atoms with van der Waals surface area (Å²) in [6, 6.07) is 0. The molecule has 0 saturated heterocycles. The Morgan fingerprint density at radius 2 is 1.53 bits per heavy atom. The molecule has 4 fully saturated rings. The molecule has 0 aliphatic heterocycles. The molecule has 0 spiro atoms. The van der Waals surface area contributed by atoms with Crippen LogP contribution in [-0.4, -0.2) is 47.3 Å². The van der Waals surface area contributed by atoms with Crippen molar-refractivity contribution in [1.82, 2.24) is 0 Å². The molecule has 0 unspecified atom stereocenters. The van der Waals surface area contributed by atoms with Gasteiger partial charge in [-0.05, 0) is 86.4 Å². The van der Waals surface area contributed by atoms with Crippen molar-refractivity contribution in [1.29, 1.82) is 0 Å². The zero-order valence-electron chi connectivity index (χ0n) is 23.9. The Bertz CT molecular complexity index is 947. The molecule has 4 aliphatic rings. The third kappa shape index (κ3) is 5.21. The lowest BCUT2D eigenvalue weighted by molar-refractivity contribution is -0.224. The fraction of sp³-hybridized carbons (Fsp3) is 0.867. The van der Waals surface area contributed by atoms with Gasteiger partial charge in [-0.3, -0.25) is 19.2 Å². The van der Waals surface area contributed by atoms with Gasteiger partial charge in [-0.2, -0.15) is 0 Å². The van der Waals surface area contributed by atoms with Crippen LogP contribution in [0.3, 0.4) is 0 Å². The molecule has 214 valence electrons. The van der Waals surface area contributed by atoms with Crippen LogP contribution in [0.25, 0.3) is 0 Å². The Morgan fingerprint density at radius 1 is 0.868 bits per heavy atom. The summed E-state index contributed by atoms with van der Waals surface area (Å²) in [6.07, 6.45) is 5.93. The standard InChI is InChI=1S/C30H46O8/c1-16(7-10-27(34)35)22-8-9-23-28-24(15-26(30(22,23)6)38-19(4)33)29(5)12-11-21(36-17(2)31)13-20(29)14-25(28)37-18(3)32/h16,20-26,28H,7-15H2,1-6H3,(H,34,35)/t16-,20+,21-,22-,23+,24+,25+,26+,28+,29-,30+/m0/s1. The number of hydrogen-bond acceptors (Lipinski definition) is 7. The zero-order valence-corrected chi connectivity index (χ0v) is 23.9. The van der Waals surface area contributed by atoms with Crippen LogP contribution in [0, 0.1) is 46.3 Å². The smallest absolute Gasteiger partial charge is 0.303 e. The summed E-state index contributed by atoms with van der Waals surface area (Å²) >= 11 is 0. The first-order valence-electron chi connectivity index (χ1n) is 14.5. The summed E-state index contributed by atoms with van der Waals surface area (Å²) in [5.41, 5.74) is -0.355. The average molecular weight is 535 g/mol. The molecular weight excluding hydrogens is 488 g/mol. The summed E-state index contributed by atoms with van der Waals surface area (Å²) in [6.45, 7) is 11.1. The highest BCUT2D eigenvalue weighted by atomic mass is 16.6. The number of carboxylic acids is 1. The second-order valence-electron chi connectivity index (χ2n) is 13.2. The molecule has 4 aliphatic carbocycles. The van der Waals surface area contributed by atoms with Gasteiger partial charge in [0.25, 0.3) is 0 Å². The number of carboxylic acid groups (broad SMARTS) is 1. The molecular formula is C30H46O8. The number of aliphatic carboxylic acids is 1. The Balaban J connectivity index is 1.71. The van der Waals surface area contributed by atoms with Gasteiger partial charge < -0.3 is 19.3 Å². The SMILES string of the molecule is CC(=O)O[C@H]1CC[C@@]2(C)[C@H](C1)C[C@@H](OC(C)=O)[C@H]1[C@H]2C[C@@H](OC(C)=O)[C@@]2(C)[C@@H]1CC[C@H]2[C@@H](C)CCC(=O)O. The molecule has 4 rings (SSSR count). The molecule has 8 heteroatoms. The van der Waals surface area contributed by atoms with Gasteiger partial charge in [0, 0.05) is 38.5 Å². The second-order valence-corrected chi connectivity index (χ2v) is 13.2. The van der Waals surface area contributed by atoms with Crippen molar-refractivity contribution in [2.24, 2.45) is 46.3 Å². The molecule has 11 atom stereocenters. The van der Waals surface area contributed by atoms with E-state index in [9.17, 15) is 24.3 Å². The summed E-state index contributed by atoms with van der Waals surface area (Å²) in [4.78, 5) is 47.7. The summed E-state index contributed by atoms with van der Waals surface area (Å²) in [5.74, 6) is -0.421. The maximum atomic E-state index is 12.4. The van der Waals surface area contributed by atoms with E-state index in [4.69, 9.17) is 14.2 Å². The number of ether oxygens (including phenoxy) is 3. The van der Waals surface area contributed by atoms with E-state index >= 15 is 0 Å². The summed E-state index contributed by atoms with van der Waals surface area (Å²) in [7, 11) is 0. The number of hydrogen-bond donors (Lipinski definition) is 1. The minimum atomic E-state index is -0.790. The zero-order chi connectivity index (χ0) is 28.0. The normalized spacial score (nSPS) is 42.6. The monoisotopic (exact) mass is 534 g/mol.